The maximum absolute atomic E-state index is 10.6. The van der Waals surface area contributed by atoms with Gasteiger partial charge >= 0.3 is 5.66 Å². The maximum atomic E-state index is 10.6. The predicted molar refractivity (Wildman–Crippen MR) is 51.9 cm³/mol. The molecule has 0 aliphatic carbocycles. The molecule has 0 bridgehead atoms. The minimum atomic E-state index is -2.30. The third-order valence-corrected chi connectivity index (χ3v) is 2.47. The number of nitrogens with zero attached hydrogens (tertiary/aromatic N) is 2. The van der Waals surface area contributed by atoms with Gasteiger partial charge in [-0.3, -0.25) is 20.2 Å². The average Bonchev–Trinajstić information content (AvgIpc) is 2.26. The highest BCUT2D eigenvalue weighted by Gasteiger charge is 2.51. The van der Waals surface area contributed by atoms with Crippen molar-refractivity contribution < 1.29 is 19.3 Å². The lowest BCUT2D eigenvalue weighted by atomic mass is 10.2. The van der Waals surface area contributed by atoms with Gasteiger partial charge in [0.25, 0.3) is 0 Å². The van der Waals surface area contributed by atoms with Gasteiger partial charge < -0.3 is 9.47 Å². The summed E-state index contributed by atoms with van der Waals surface area (Å²) in [6.45, 7) is 0.867. The predicted octanol–water partition coefficient (Wildman–Crippen LogP) is 0.799. The number of rotatable bonds is 5. The minimum absolute atomic E-state index is 0.526. The van der Waals surface area contributed by atoms with E-state index in [-0.39, 0.29) is 0 Å². The number of nitro groups is 2. The highest BCUT2D eigenvalue weighted by atomic mass is 16.7. The van der Waals surface area contributed by atoms with E-state index >= 15 is 0 Å². The summed E-state index contributed by atoms with van der Waals surface area (Å²) in [5, 5.41) is 21.2. The van der Waals surface area contributed by atoms with Crippen LogP contribution >= 0.6 is 0 Å². The summed E-state index contributed by atoms with van der Waals surface area (Å²) in [6.07, 6.45) is 1.87. The molecule has 1 rings (SSSR count). The standard InChI is InChI=1S/C8H14N2O6/c1-8(9(11)12,10(13)14)6-16-7-4-2-3-5-15-7/h7H,2-6H2,1H3. The topological polar surface area (TPSA) is 105 Å². The van der Waals surface area contributed by atoms with Crippen molar-refractivity contribution in [1.29, 1.82) is 0 Å². The second kappa shape index (κ2) is 5.17. The summed E-state index contributed by atoms with van der Waals surface area (Å²) < 4.78 is 10.2. The van der Waals surface area contributed by atoms with Crippen molar-refractivity contribution in [2.24, 2.45) is 0 Å². The van der Waals surface area contributed by atoms with Crippen molar-refractivity contribution in [3.05, 3.63) is 20.2 Å². The van der Waals surface area contributed by atoms with Crippen LogP contribution in [-0.4, -0.2) is 35.0 Å². The van der Waals surface area contributed by atoms with Gasteiger partial charge in [-0.1, -0.05) is 0 Å². The van der Waals surface area contributed by atoms with E-state index < -0.39 is 28.4 Å². The van der Waals surface area contributed by atoms with Gasteiger partial charge in [-0.15, -0.1) is 0 Å². The molecule has 0 aromatic rings. The van der Waals surface area contributed by atoms with Crippen LogP contribution in [0.3, 0.4) is 0 Å². The largest absolute Gasteiger partial charge is 0.478 e. The van der Waals surface area contributed by atoms with Crippen LogP contribution in [0.2, 0.25) is 0 Å². The lowest BCUT2D eigenvalue weighted by Crippen LogP contribution is -2.48. The van der Waals surface area contributed by atoms with Crippen LogP contribution in [-0.2, 0) is 9.47 Å². The highest BCUT2D eigenvalue weighted by molar-refractivity contribution is 4.61. The Bertz CT molecular complexity index is 262. The van der Waals surface area contributed by atoms with Crippen LogP contribution in [0.25, 0.3) is 0 Å². The van der Waals surface area contributed by atoms with E-state index in [2.05, 4.69) is 0 Å². The van der Waals surface area contributed by atoms with Crippen molar-refractivity contribution in [2.75, 3.05) is 13.2 Å². The van der Waals surface area contributed by atoms with E-state index in [0.29, 0.717) is 13.0 Å². The van der Waals surface area contributed by atoms with Crippen LogP contribution in [0.5, 0.6) is 0 Å². The number of ether oxygens (including phenoxy) is 2. The van der Waals surface area contributed by atoms with Crippen molar-refractivity contribution in [1.82, 2.24) is 0 Å². The van der Waals surface area contributed by atoms with Gasteiger partial charge in [0, 0.05) is 6.61 Å². The maximum Gasteiger partial charge on any atom is 0.478 e. The molecule has 0 aromatic heterocycles. The SMILES string of the molecule is CC(COC1CCCCO1)([N+](=O)[O-])[N+](=O)[O-]. The van der Waals surface area contributed by atoms with E-state index in [9.17, 15) is 20.2 Å². The summed E-state index contributed by atoms with van der Waals surface area (Å²) in [7, 11) is 0. The smallest absolute Gasteiger partial charge is 0.353 e. The van der Waals surface area contributed by atoms with Crippen LogP contribution < -0.4 is 0 Å². The Hall–Kier alpha value is -1.28. The Morgan fingerprint density at radius 1 is 1.38 bits per heavy atom. The van der Waals surface area contributed by atoms with E-state index in [1.807, 2.05) is 0 Å². The molecular formula is C8H14N2O6. The fourth-order valence-corrected chi connectivity index (χ4v) is 1.27. The van der Waals surface area contributed by atoms with Crippen molar-refractivity contribution >= 4 is 0 Å². The molecule has 1 aliphatic rings. The summed E-state index contributed by atoms with van der Waals surface area (Å²) in [4.78, 5) is 19.3. The highest BCUT2D eigenvalue weighted by Crippen LogP contribution is 2.17. The third-order valence-electron chi connectivity index (χ3n) is 2.47. The zero-order chi connectivity index (χ0) is 12.2. The van der Waals surface area contributed by atoms with Crippen LogP contribution in [0.4, 0.5) is 0 Å². The molecule has 1 fully saturated rings. The van der Waals surface area contributed by atoms with Crippen LogP contribution in [0.15, 0.2) is 0 Å². The number of hydrogen-bond acceptors (Lipinski definition) is 6. The molecule has 1 heterocycles. The van der Waals surface area contributed by atoms with Gasteiger partial charge in [0.1, 0.15) is 9.85 Å². The zero-order valence-electron chi connectivity index (χ0n) is 8.96. The lowest BCUT2D eigenvalue weighted by molar-refractivity contribution is -0.794. The fraction of sp³-hybridized carbons (Fsp3) is 1.00. The Balaban J connectivity index is 2.49. The summed E-state index contributed by atoms with van der Waals surface area (Å²) in [6, 6.07) is 0. The first-order valence-corrected chi connectivity index (χ1v) is 4.99. The van der Waals surface area contributed by atoms with E-state index in [1.54, 1.807) is 0 Å². The monoisotopic (exact) mass is 234 g/mol. The third kappa shape index (κ3) is 2.86. The summed E-state index contributed by atoms with van der Waals surface area (Å²) in [5.41, 5.74) is -2.30. The van der Waals surface area contributed by atoms with Gasteiger partial charge in [-0.05, 0) is 19.3 Å². The number of hydrogen-bond donors (Lipinski definition) is 0. The Morgan fingerprint density at radius 3 is 2.44 bits per heavy atom. The zero-order valence-corrected chi connectivity index (χ0v) is 8.96. The first kappa shape index (κ1) is 12.8. The van der Waals surface area contributed by atoms with E-state index in [1.165, 1.54) is 0 Å². The molecule has 8 heteroatoms. The van der Waals surface area contributed by atoms with Crippen molar-refractivity contribution in [3.8, 4) is 0 Å². The summed E-state index contributed by atoms with van der Waals surface area (Å²) in [5.74, 6) is 0. The van der Waals surface area contributed by atoms with E-state index in [0.717, 1.165) is 19.8 Å². The van der Waals surface area contributed by atoms with Gasteiger partial charge in [0.15, 0.2) is 12.9 Å². The molecule has 0 amide bonds. The fourth-order valence-electron chi connectivity index (χ4n) is 1.27. The van der Waals surface area contributed by atoms with Crippen LogP contribution in [0, 0.1) is 20.2 Å². The molecule has 1 unspecified atom stereocenters. The molecule has 0 radical (unpaired) electrons. The lowest BCUT2D eigenvalue weighted by Gasteiger charge is -2.23. The molecular weight excluding hydrogens is 220 g/mol. The normalized spacial score (nSPS) is 21.7. The molecule has 1 aliphatic heterocycles. The Morgan fingerprint density at radius 2 is 2.00 bits per heavy atom. The van der Waals surface area contributed by atoms with Gasteiger partial charge in [-0.25, -0.2) is 0 Å². The van der Waals surface area contributed by atoms with Gasteiger partial charge in [-0.2, -0.15) is 0 Å². The molecule has 8 nitrogen and oxygen atoms in total. The van der Waals surface area contributed by atoms with E-state index in [4.69, 9.17) is 9.47 Å². The molecule has 0 aromatic carbocycles. The summed E-state index contributed by atoms with van der Waals surface area (Å²) >= 11 is 0. The second-order valence-electron chi connectivity index (χ2n) is 3.84. The van der Waals surface area contributed by atoms with Crippen molar-refractivity contribution in [2.45, 2.75) is 38.1 Å². The molecule has 0 N–H and O–H groups in total. The molecule has 1 atom stereocenters. The molecule has 0 saturated carbocycles. The van der Waals surface area contributed by atoms with Gasteiger partial charge in [0.2, 0.25) is 0 Å². The Kier molecular flexibility index (Phi) is 4.13. The Labute approximate surface area is 91.8 Å². The second-order valence-corrected chi connectivity index (χ2v) is 3.84. The quantitative estimate of drug-likeness (QED) is 0.395. The molecule has 16 heavy (non-hydrogen) atoms. The van der Waals surface area contributed by atoms with Gasteiger partial charge in [0.05, 0.1) is 6.92 Å². The average molecular weight is 234 g/mol. The van der Waals surface area contributed by atoms with Crippen molar-refractivity contribution in [3.63, 3.8) is 0 Å². The first-order chi connectivity index (χ1) is 7.47. The molecule has 1 saturated heterocycles. The first-order valence-electron chi connectivity index (χ1n) is 4.99. The molecule has 92 valence electrons. The molecule has 0 spiro atoms. The van der Waals surface area contributed by atoms with Crippen LogP contribution in [0.1, 0.15) is 26.2 Å². The minimum Gasteiger partial charge on any atom is -0.353 e.